The predicted octanol–water partition coefficient (Wildman–Crippen LogP) is 2.06. The van der Waals surface area contributed by atoms with E-state index in [-0.39, 0.29) is 6.10 Å². The molecule has 0 bridgehead atoms. The third kappa shape index (κ3) is 2.19. The minimum atomic E-state index is -0.141. The summed E-state index contributed by atoms with van der Waals surface area (Å²) in [4.78, 5) is 10.9. The van der Waals surface area contributed by atoms with Gasteiger partial charge in [-0.1, -0.05) is 23.4 Å². The van der Waals surface area contributed by atoms with Crippen molar-refractivity contribution in [3.8, 4) is 0 Å². The highest BCUT2D eigenvalue weighted by molar-refractivity contribution is 7.98. The molecule has 2 fully saturated rings. The van der Waals surface area contributed by atoms with Crippen molar-refractivity contribution in [1.82, 2.24) is 9.97 Å². The van der Waals surface area contributed by atoms with E-state index >= 15 is 0 Å². The molecule has 1 saturated heterocycles. The molecule has 1 aliphatic heterocycles. The van der Waals surface area contributed by atoms with Crippen molar-refractivity contribution in [2.45, 2.75) is 24.1 Å². The molecule has 0 amide bonds. The van der Waals surface area contributed by atoms with Crippen molar-refractivity contribution < 1.29 is 5.11 Å². The number of aliphatic hydroxyl groups excluding tert-OH is 1. The van der Waals surface area contributed by atoms with Gasteiger partial charge in [0, 0.05) is 25.1 Å². The standard InChI is InChI=1S/C12H16ClN3OS/c1-18-12-14-10(13)4-11(15-12)16-5-7-2-3-9(17)8(7)6-16/h4,7-9,17H,2-3,5-6H2,1H3. The van der Waals surface area contributed by atoms with Crippen LogP contribution in [-0.4, -0.2) is 40.5 Å². The van der Waals surface area contributed by atoms with Crippen LogP contribution in [0.2, 0.25) is 5.15 Å². The van der Waals surface area contributed by atoms with E-state index in [1.165, 1.54) is 11.8 Å². The third-order valence-corrected chi connectivity index (χ3v) is 4.73. The van der Waals surface area contributed by atoms with Gasteiger partial charge in [-0.25, -0.2) is 9.97 Å². The molecule has 1 aromatic heterocycles. The third-order valence-electron chi connectivity index (χ3n) is 3.99. The molecule has 3 unspecified atom stereocenters. The highest BCUT2D eigenvalue weighted by Crippen LogP contribution is 2.39. The Morgan fingerprint density at radius 2 is 2.22 bits per heavy atom. The van der Waals surface area contributed by atoms with Gasteiger partial charge in [-0.3, -0.25) is 0 Å². The summed E-state index contributed by atoms with van der Waals surface area (Å²) in [6.07, 6.45) is 3.87. The van der Waals surface area contributed by atoms with Crippen molar-refractivity contribution in [2.75, 3.05) is 24.2 Å². The SMILES string of the molecule is CSc1nc(Cl)cc(N2CC3CCC(O)C3C2)n1. The van der Waals surface area contributed by atoms with Crippen LogP contribution < -0.4 is 4.90 Å². The molecule has 2 heterocycles. The summed E-state index contributed by atoms with van der Waals surface area (Å²) in [5.74, 6) is 1.89. The molecule has 1 saturated carbocycles. The second-order valence-corrected chi connectivity index (χ2v) is 6.17. The summed E-state index contributed by atoms with van der Waals surface area (Å²) < 4.78 is 0. The average molecular weight is 286 g/mol. The molecule has 6 heteroatoms. The van der Waals surface area contributed by atoms with Crippen molar-refractivity contribution in [1.29, 1.82) is 0 Å². The lowest BCUT2D eigenvalue weighted by Gasteiger charge is -2.19. The topological polar surface area (TPSA) is 49.2 Å². The molecular weight excluding hydrogens is 270 g/mol. The highest BCUT2D eigenvalue weighted by Gasteiger charge is 2.42. The summed E-state index contributed by atoms with van der Waals surface area (Å²) in [6, 6.07) is 1.81. The van der Waals surface area contributed by atoms with Gasteiger partial charge < -0.3 is 10.0 Å². The highest BCUT2D eigenvalue weighted by atomic mass is 35.5. The van der Waals surface area contributed by atoms with Gasteiger partial charge in [-0.15, -0.1) is 0 Å². The fourth-order valence-electron chi connectivity index (χ4n) is 3.06. The second kappa shape index (κ2) is 4.87. The van der Waals surface area contributed by atoms with Crippen molar-refractivity contribution in [3.05, 3.63) is 11.2 Å². The van der Waals surface area contributed by atoms with Crippen molar-refractivity contribution in [3.63, 3.8) is 0 Å². The summed E-state index contributed by atoms with van der Waals surface area (Å²) in [5, 5.41) is 11.1. The van der Waals surface area contributed by atoms with Gasteiger partial charge in [0.25, 0.3) is 0 Å². The Bertz CT molecular complexity index is 459. The summed E-state index contributed by atoms with van der Waals surface area (Å²) in [7, 11) is 0. The number of hydrogen-bond acceptors (Lipinski definition) is 5. The van der Waals surface area contributed by atoms with E-state index in [0.29, 0.717) is 22.1 Å². The van der Waals surface area contributed by atoms with E-state index < -0.39 is 0 Å². The summed E-state index contributed by atoms with van der Waals surface area (Å²) in [6.45, 7) is 1.86. The molecule has 1 N–H and O–H groups in total. The van der Waals surface area contributed by atoms with E-state index in [1.807, 2.05) is 12.3 Å². The first-order valence-corrected chi connectivity index (χ1v) is 7.79. The van der Waals surface area contributed by atoms with Gasteiger partial charge in [-0.2, -0.15) is 0 Å². The van der Waals surface area contributed by atoms with Gasteiger partial charge in [0.15, 0.2) is 5.16 Å². The molecule has 2 aliphatic rings. The Hall–Kier alpha value is -0.520. The maximum absolute atomic E-state index is 9.93. The molecule has 98 valence electrons. The second-order valence-electron chi connectivity index (χ2n) is 5.01. The van der Waals surface area contributed by atoms with Crippen LogP contribution in [0.5, 0.6) is 0 Å². The number of halogens is 1. The van der Waals surface area contributed by atoms with Crippen molar-refractivity contribution >= 4 is 29.2 Å². The van der Waals surface area contributed by atoms with Gasteiger partial charge in [0.1, 0.15) is 11.0 Å². The van der Waals surface area contributed by atoms with E-state index in [9.17, 15) is 5.11 Å². The van der Waals surface area contributed by atoms with Gasteiger partial charge >= 0.3 is 0 Å². The fraction of sp³-hybridized carbons (Fsp3) is 0.667. The average Bonchev–Trinajstić information content (AvgIpc) is 2.91. The number of hydrogen-bond donors (Lipinski definition) is 1. The van der Waals surface area contributed by atoms with Crippen molar-refractivity contribution in [2.24, 2.45) is 11.8 Å². The Morgan fingerprint density at radius 1 is 1.39 bits per heavy atom. The number of nitrogens with zero attached hydrogens (tertiary/aromatic N) is 3. The normalized spacial score (nSPS) is 30.8. The minimum Gasteiger partial charge on any atom is -0.393 e. The first-order chi connectivity index (χ1) is 8.67. The number of thioether (sulfide) groups is 1. The molecular formula is C12H16ClN3OS. The minimum absolute atomic E-state index is 0.141. The lowest BCUT2D eigenvalue weighted by atomic mass is 10.00. The van der Waals surface area contributed by atoms with Crippen LogP contribution in [0, 0.1) is 11.8 Å². The zero-order valence-corrected chi connectivity index (χ0v) is 11.8. The van der Waals surface area contributed by atoms with E-state index in [4.69, 9.17) is 11.6 Å². The largest absolute Gasteiger partial charge is 0.393 e. The first kappa shape index (κ1) is 12.5. The molecule has 3 atom stereocenters. The maximum Gasteiger partial charge on any atom is 0.190 e. The van der Waals surface area contributed by atoms with Gasteiger partial charge in [0.2, 0.25) is 0 Å². The van der Waals surface area contributed by atoms with Crippen LogP contribution >= 0.6 is 23.4 Å². The maximum atomic E-state index is 9.93. The number of aliphatic hydroxyl groups is 1. The van der Waals surface area contributed by atoms with Crippen LogP contribution in [-0.2, 0) is 0 Å². The number of anilines is 1. The number of rotatable bonds is 2. The number of aromatic nitrogens is 2. The van der Waals surface area contributed by atoms with Crippen LogP contribution in [0.1, 0.15) is 12.8 Å². The molecule has 0 spiro atoms. The predicted molar refractivity (Wildman–Crippen MR) is 73.3 cm³/mol. The summed E-state index contributed by atoms with van der Waals surface area (Å²) in [5.41, 5.74) is 0. The molecule has 1 aromatic rings. The monoisotopic (exact) mass is 285 g/mol. The molecule has 0 radical (unpaired) electrons. The Kier molecular flexibility index (Phi) is 3.38. The first-order valence-electron chi connectivity index (χ1n) is 6.19. The lowest BCUT2D eigenvalue weighted by molar-refractivity contribution is 0.133. The zero-order valence-electron chi connectivity index (χ0n) is 10.2. The Morgan fingerprint density at radius 3 is 2.94 bits per heavy atom. The molecule has 18 heavy (non-hydrogen) atoms. The summed E-state index contributed by atoms with van der Waals surface area (Å²) >= 11 is 7.51. The Balaban J connectivity index is 1.82. The lowest BCUT2D eigenvalue weighted by Crippen LogP contribution is -2.25. The zero-order chi connectivity index (χ0) is 12.7. The van der Waals surface area contributed by atoms with Crippen LogP contribution in [0.4, 0.5) is 5.82 Å². The number of fused-ring (bicyclic) bond motifs is 1. The van der Waals surface area contributed by atoms with E-state index in [0.717, 1.165) is 31.7 Å². The fourth-order valence-corrected chi connectivity index (χ4v) is 3.66. The van der Waals surface area contributed by atoms with Gasteiger partial charge in [-0.05, 0) is 25.0 Å². The van der Waals surface area contributed by atoms with Crippen LogP contribution in [0.25, 0.3) is 0 Å². The quantitative estimate of drug-likeness (QED) is 0.512. The molecule has 0 aromatic carbocycles. The van der Waals surface area contributed by atoms with Crippen LogP contribution in [0.15, 0.2) is 11.2 Å². The Labute approximate surface area is 116 Å². The van der Waals surface area contributed by atoms with Crippen LogP contribution in [0.3, 0.4) is 0 Å². The van der Waals surface area contributed by atoms with E-state index in [1.54, 1.807) is 0 Å². The molecule has 1 aliphatic carbocycles. The van der Waals surface area contributed by atoms with Gasteiger partial charge in [0.05, 0.1) is 6.10 Å². The smallest absolute Gasteiger partial charge is 0.190 e. The molecule has 3 rings (SSSR count). The molecule has 4 nitrogen and oxygen atoms in total. The van der Waals surface area contributed by atoms with E-state index in [2.05, 4.69) is 14.9 Å².